The van der Waals surface area contributed by atoms with E-state index in [1.807, 2.05) is 26.8 Å². The molecule has 0 aliphatic heterocycles. The van der Waals surface area contributed by atoms with Gasteiger partial charge in [-0.25, -0.2) is 4.98 Å². The van der Waals surface area contributed by atoms with Crippen molar-refractivity contribution in [3.05, 3.63) is 35.0 Å². The summed E-state index contributed by atoms with van der Waals surface area (Å²) in [5.74, 6) is 0.302. The summed E-state index contributed by atoms with van der Waals surface area (Å²) >= 11 is 0. The van der Waals surface area contributed by atoms with Crippen molar-refractivity contribution in [1.29, 1.82) is 0 Å². The average molecular weight is 204 g/mol. The van der Waals surface area contributed by atoms with Gasteiger partial charge in [0.1, 0.15) is 5.82 Å². The molecule has 0 aromatic carbocycles. The number of rotatable bonds is 3. The molecule has 0 bridgehead atoms. The lowest BCUT2D eigenvalue weighted by Crippen LogP contribution is -2.10. The first-order valence-corrected chi connectivity index (χ1v) is 5.02. The first-order chi connectivity index (χ1) is 7.11. The first-order valence-electron chi connectivity index (χ1n) is 5.02. The lowest BCUT2D eigenvalue weighted by atomic mass is 9.98. The number of carbonyl (C=O) groups excluding carboxylic acids is 1. The van der Waals surface area contributed by atoms with E-state index in [0.717, 1.165) is 11.1 Å². The van der Waals surface area contributed by atoms with Crippen LogP contribution in [0.5, 0.6) is 0 Å². The fraction of sp³-hybridized carbons (Fsp3) is 0.333. The van der Waals surface area contributed by atoms with Crippen molar-refractivity contribution in [3.8, 4) is 0 Å². The molecule has 0 radical (unpaired) electrons. The molecule has 0 fully saturated rings. The Kier molecular flexibility index (Phi) is 3.61. The van der Waals surface area contributed by atoms with E-state index in [1.165, 1.54) is 0 Å². The van der Waals surface area contributed by atoms with Crippen LogP contribution in [0.1, 0.15) is 36.2 Å². The van der Waals surface area contributed by atoms with Crippen molar-refractivity contribution >= 4 is 11.6 Å². The molecule has 0 unspecified atom stereocenters. The van der Waals surface area contributed by atoms with Gasteiger partial charge in [-0.15, -0.1) is 0 Å². The summed E-state index contributed by atoms with van der Waals surface area (Å²) in [4.78, 5) is 16.0. The number of anilines is 1. The number of nitrogen functional groups attached to an aromatic ring is 1. The molecule has 1 aromatic heterocycles. The summed E-state index contributed by atoms with van der Waals surface area (Å²) in [6.45, 7) is 5.68. The zero-order valence-electron chi connectivity index (χ0n) is 9.37. The van der Waals surface area contributed by atoms with E-state index in [0.29, 0.717) is 17.8 Å². The summed E-state index contributed by atoms with van der Waals surface area (Å²) in [5.41, 5.74) is 7.90. The lowest BCUT2D eigenvalue weighted by Gasteiger charge is -2.08. The Bertz CT molecular complexity index is 388. The quantitative estimate of drug-likeness (QED) is 0.608. The number of ketones is 1. The number of aromatic nitrogens is 1. The van der Waals surface area contributed by atoms with Gasteiger partial charge in [-0.05, 0) is 37.5 Å². The Morgan fingerprint density at radius 2 is 2.27 bits per heavy atom. The lowest BCUT2D eigenvalue weighted by molar-refractivity contribution is 0.103. The Labute approximate surface area is 90.0 Å². The van der Waals surface area contributed by atoms with Gasteiger partial charge in [0, 0.05) is 6.20 Å². The smallest absolute Gasteiger partial charge is 0.192 e. The zero-order chi connectivity index (χ0) is 11.4. The summed E-state index contributed by atoms with van der Waals surface area (Å²) in [7, 11) is 0. The van der Waals surface area contributed by atoms with Crippen LogP contribution in [0.25, 0.3) is 0 Å². The zero-order valence-corrected chi connectivity index (χ0v) is 9.37. The van der Waals surface area contributed by atoms with Gasteiger partial charge in [-0.1, -0.05) is 13.0 Å². The molecule has 0 spiro atoms. The summed E-state index contributed by atoms with van der Waals surface area (Å²) in [6, 6.07) is 1.80. The summed E-state index contributed by atoms with van der Waals surface area (Å²) in [6.07, 6.45) is 4.15. The second kappa shape index (κ2) is 4.73. The Morgan fingerprint density at radius 1 is 1.60 bits per heavy atom. The topological polar surface area (TPSA) is 56.0 Å². The molecular weight excluding hydrogens is 188 g/mol. The number of allylic oxidation sites excluding steroid dienone is 2. The number of pyridine rings is 1. The minimum atomic E-state index is -0.0110. The van der Waals surface area contributed by atoms with Crippen LogP contribution in [0.4, 0.5) is 5.82 Å². The average Bonchev–Trinajstić information content (AvgIpc) is 2.19. The second-order valence-electron chi connectivity index (χ2n) is 3.38. The van der Waals surface area contributed by atoms with E-state index in [-0.39, 0.29) is 5.78 Å². The molecule has 2 N–H and O–H groups in total. The minimum absolute atomic E-state index is 0.0110. The fourth-order valence-electron chi connectivity index (χ4n) is 1.53. The van der Waals surface area contributed by atoms with Gasteiger partial charge in [-0.2, -0.15) is 0 Å². The van der Waals surface area contributed by atoms with Crippen molar-refractivity contribution in [3.63, 3.8) is 0 Å². The molecule has 3 nitrogen and oxygen atoms in total. The van der Waals surface area contributed by atoms with Crippen LogP contribution in [0, 0.1) is 6.92 Å². The third-order valence-corrected chi connectivity index (χ3v) is 2.44. The number of nitrogens with zero attached hydrogens (tertiary/aromatic N) is 1. The predicted octanol–water partition coefficient (Wildman–Crippen LogP) is 2.51. The number of hydrogen-bond donors (Lipinski definition) is 1. The third kappa shape index (κ3) is 2.24. The minimum Gasteiger partial charge on any atom is -0.383 e. The Balaban J connectivity index is 3.22. The molecule has 3 heteroatoms. The monoisotopic (exact) mass is 204 g/mol. The van der Waals surface area contributed by atoms with Crippen LogP contribution < -0.4 is 5.73 Å². The maximum absolute atomic E-state index is 12.1. The van der Waals surface area contributed by atoms with Crippen molar-refractivity contribution in [1.82, 2.24) is 4.98 Å². The molecule has 0 atom stereocenters. The van der Waals surface area contributed by atoms with Crippen LogP contribution in [0.2, 0.25) is 0 Å². The summed E-state index contributed by atoms with van der Waals surface area (Å²) < 4.78 is 0. The third-order valence-electron chi connectivity index (χ3n) is 2.44. The van der Waals surface area contributed by atoms with Crippen LogP contribution >= 0.6 is 0 Å². The second-order valence-corrected chi connectivity index (χ2v) is 3.38. The van der Waals surface area contributed by atoms with Crippen LogP contribution in [-0.2, 0) is 0 Å². The fourth-order valence-corrected chi connectivity index (χ4v) is 1.53. The van der Waals surface area contributed by atoms with Gasteiger partial charge in [0.2, 0.25) is 0 Å². The van der Waals surface area contributed by atoms with Crippen molar-refractivity contribution in [2.45, 2.75) is 27.2 Å². The molecule has 80 valence electrons. The number of Topliss-reactive ketones (excluding diaryl/α,β-unsaturated/α-hetero) is 1. The van der Waals surface area contributed by atoms with E-state index in [9.17, 15) is 4.79 Å². The highest BCUT2D eigenvalue weighted by Gasteiger charge is 2.15. The largest absolute Gasteiger partial charge is 0.383 e. The number of aryl methyl sites for hydroxylation is 1. The number of carbonyl (C=O) groups is 1. The number of hydrogen-bond acceptors (Lipinski definition) is 3. The molecule has 0 aliphatic carbocycles. The maximum atomic E-state index is 12.1. The van der Waals surface area contributed by atoms with E-state index >= 15 is 0 Å². The van der Waals surface area contributed by atoms with Crippen molar-refractivity contribution < 1.29 is 4.79 Å². The van der Waals surface area contributed by atoms with Gasteiger partial charge >= 0.3 is 0 Å². The van der Waals surface area contributed by atoms with E-state index in [4.69, 9.17) is 5.73 Å². The van der Waals surface area contributed by atoms with Crippen molar-refractivity contribution in [2.75, 3.05) is 5.73 Å². The van der Waals surface area contributed by atoms with Crippen LogP contribution in [-0.4, -0.2) is 10.8 Å². The van der Waals surface area contributed by atoms with Gasteiger partial charge in [0.25, 0.3) is 0 Å². The van der Waals surface area contributed by atoms with E-state index < -0.39 is 0 Å². The molecule has 1 aromatic rings. The van der Waals surface area contributed by atoms with E-state index in [1.54, 1.807) is 12.3 Å². The summed E-state index contributed by atoms with van der Waals surface area (Å²) in [5, 5.41) is 0. The van der Waals surface area contributed by atoms with E-state index in [2.05, 4.69) is 4.98 Å². The maximum Gasteiger partial charge on any atom is 0.192 e. The molecule has 0 saturated heterocycles. The van der Waals surface area contributed by atoms with Gasteiger partial charge < -0.3 is 5.73 Å². The molecule has 1 heterocycles. The van der Waals surface area contributed by atoms with Crippen LogP contribution in [0.15, 0.2) is 23.9 Å². The molecule has 1 rings (SSSR count). The van der Waals surface area contributed by atoms with Crippen LogP contribution in [0.3, 0.4) is 0 Å². The highest BCUT2D eigenvalue weighted by atomic mass is 16.1. The van der Waals surface area contributed by atoms with Gasteiger partial charge in [-0.3, -0.25) is 4.79 Å². The normalized spacial score (nSPS) is 11.5. The Hall–Kier alpha value is -1.64. The highest BCUT2D eigenvalue weighted by molar-refractivity contribution is 6.12. The Morgan fingerprint density at radius 3 is 2.73 bits per heavy atom. The number of nitrogens with two attached hydrogens (primary N) is 1. The van der Waals surface area contributed by atoms with Gasteiger partial charge in [0.05, 0.1) is 5.56 Å². The molecule has 0 aliphatic rings. The van der Waals surface area contributed by atoms with Gasteiger partial charge in [0.15, 0.2) is 5.78 Å². The predicted molar refractivity (Wildman–Crippen MR) is 61.8 cm³/mol. The highest BCUT2D eigenvalue weighted by Crippen LogP contribution is 2.19. The van der Waals surface area contributed by atoms with Crippen molar-refractivity contribution in [2.24, 2.45) is 0 Å². The molecule has 0 amide bonds. The molecule has 0 saturated carbocycles. The molecular formula is C12H16N2O. The molecule has 15 heavy (non-hydrogen) atoms. The first kappa shape index (κ1) is 11.4. The standard InChI is InChI=1S/C12H16N2O/c1-4-9(5-2)11(15)10-8(3)6-7-14-12(10)13/h4,6-7H,5H2,1-3H3,(H2,13,14). The SMILES string of the molecule is CC=C(CC)C(=O)c1c(C)ccnc1N.